The molecule has 854 valence electrons. The van der Waals surface area contributed by atoms with Crippen molar-refractivity contribution in [2.24, 2.45) is 65.1 Å². The van der Waals surface area contributed by atoms with Crippen molar-refractivity contribution in [3.63, 3.8) is 0 Å². The van der Waals surface area contributed by atoms with Gasteiger partial charge in [-0.3, -0.25) is 9.59 Å². The second-order valence-electron chi connectivity index (χ2n) is 48.6. The second kappa shape index (κ2) is 65.8. The predicted molar refractivity (Wildman–Crippen MR) is 572 cm³/mol. The standard InChI is InChI=1S/C28H62O7Si4.C26H50O8Si2.C22H46O7Si2.C12H22O11.C4H5ClO.C3H9ClSi.CH2O3.2K.H/c1-17-22-21(4)25(34-38(11,12)13)26(35-39(14,15)16)28(30-22)32-27-20(3)19(2)24(33-37(8,9)10)23(31-27)18-29-36(5,6)7;1-15(2)24(28)29-14-21-17(4)16(3)18(5)25(31-21)32-26-23(34-36(10,11)12)22(33-35(7,8)9)19(6)20(13-27)30-26;1-13-14(2)17(11-23)25-21(15(13)3)27-22-20(29-31(8,9)10)19(28-30(5,6)7)16(4)18(12-24)26-22;13-1-3-5(15)7(17)9(19)11(21-3)23-12-10(20)8(18)6(16)4(2-14)22-12;1-3(2)4(5)6;1-5(2,3)4;2-1-4-3;;;/h19-28H,17-18H2,1-16H3;16-23,25-27H,1,13-14H2,2-12H3;13-24H,11-12H2,1-10H3;3-20H,1-2H2;1H2,2H3;1-3H3;1,3H;;;/q;;;;;;;2*+1;-1/p-1/t19-,20-,21-,22-,23-,24+,25+,26-,27-,28-;16-,17-,18+,19+,20+,21+,22-,23+,25+,26+;13-,14-,15+,16+,17+,18+,19-,20+,21+,22+;3-,4-,5-,6-,7+,8+,9-,10-,11-,12-;;;;;;/m1001....../s1. The monoisotopic (exact) mass is 2340 g/mol. The number of allylic oxidation sites excluding steroid dienone is 1. The molecule has 8 aliphatic rings. The van der Waals surface area contributed by atoms with Crippen LogP contribution in [0.4, 0.5) is 0 Å². The van der Waals surface area contributed by atoms with E-state index in [-0.39, 0.29) is 251 Å². The molecule has 0 amide bonds. The van der Waals surface area contributed by atoms with Gasteiger partial charge in [-0.15, -0.1) is 0 Å². The van der Waals surface area contributed by atoms with Gasteiger partial charge in [0, 0.05) is 46.7 Å². The van der Waals surface area contributed by atoms with Gasteiger partial charge in [0.1, 0.15) is 87.2 Å². The SMILES string of the molecule is C=C(C)C(=O)Cl.C=C(C)C(=O)OC[C@H]1O[C@H](O[C@H]2O[C@H](CO)[C@@H](C)[C@H](O[Si](C)(C)C)[C@H]2O[Si](C)(C)C)[C@H](C)[C@@H](C)[C@@H]1C.CC[C@H]1O[C@H](O[C@H]2O[C@H](CO[Si](C)(C)C)[C@@H](O[Si](C)(C)C)[C@H](C)[C@H]2C)[C@H](O[Si](C)(C)C)[C@@H](O[Si](C)(C)C)[C@@H]1C.C[C@@H]1[C@@H](C)[C@@H](O[C@H]2O[C@H](CO)[C@@H](C)[C@H](O[Si](C)(C)C)[C@H]2O[Si](C)(C)C)O[C@H](CO)[C@H]1C.C[Si](C)(C)Cl.O=CO[O-].OC[C@H]1O[C@H](O[C@H]2O[C@H](CO)[C@@H](O)[C@H](O)[C@H]2O)[C@H](O)[C@@H](O)[C@@H]1O.[H-].[K+].[K+]. The molecule has 0 aliphatic carbocycles. The van der Waals surface area contributed by atoms with Crippen LogP contribution in [0.5, 0.6) is 0 Å². The molecule has 8 rings (SSSR count). The van der Waals surface area contributed by atoms with E-state index < -0.39 is 222 Å². The van der Waals surface area contributed by atoms with Gasteiger partial charge in [0.05, 0.1) is 94.6 Å². The van der Waals surface area contributed by atoms with Gasteiger partial charge in [-0.1, -0.05) is 116 Å². The first-order chi connectivity index (χ1) is 65.5. The van der Waals surface area contributed by atoms with Crippen LogP contribution in [0, 0.1) is 65.1 Å². The molecule has 0 aromatic heterocycles. The molecule has 37 nitrogen and oxygen atoms in total. The van der Waals surface area contributed by atoms with E-state index >= 15 is 0 Å². The third-order valence-corrected chi connectivity index (χ3v) is 33.6. The van der Waals surface area contributed by atoms with Crippen molar-refractivity contribution in [2.45, 2.75) is 459 Å². The summed E-state index contributed by atoms with van der Waals surface area (Å²) in [5.74, 6) is 1.16. The summed E-state index contributed by atoms with van der Waals surface area (Å²) in [6.45, 7) is 93.4. The van der Waals surface area contributed by atoms with E-state index in [4.69, 9.17) is 140 Å². The van der Waals surface area contributed by atoms with Gasteiger partial charge in [0.25, 0.3) is 6.47 Å². The molecule has 146 heavy (non-hydrogen) atoms. The zero-order chi connectivity index (χ0) is 112. The second-order valence-corrected chi connectivity index (χ2v) is 92.2. The van der Waals surface area contributed by atoms with Crippen molar-refractivity contribution >= 4 is 114 Å². The fourth-order valence-corrected chi connectivity index (χ4v) is 25.5. The van der Waals surface area contributed by atoms with Crippen molar-refractivity contribution in [3.05, 3.63) is 24.3 Å². The molecule has 11 N–H and O–H groups in total. The minimum absolute atomic E-state index is 0. The van der Waals surface area contributed by atoms with Crippen LogP contribution in [0.15, 0.2) is 24.3 Å². The van der Waals surface area contributed by atoms with Gasteiger partial charge < -0.3 is 165 Å². The Labute approximate surface area is 980 Å². The van der Waals surface area contributed by atoms with E-state index in [1.807, 2.05) is 13.8 Å². The molecule has 0 unspecified atom stereocenters. The van der Waals surface area contributed by atoms with Crippen LogP contribution in [0.3, 0.4) is 0 Å². The summed E-state index contributed by atoms with van der Waals surface area (Å²) in [5.41, 5.74) is 0.740. The summed E-state index contributed by atoms with van der Waals surface area (Å²) in [6, 6.07) is 0. The number of rotatable bonds is 36. The fraction of sp³-hybridized carbons (Fsp3) is 0.927. The minimum atomic E-state index is -2.02. The largest absolute Gasteiger partial charge is 1.00 e. The van der Waals surface area contributed by atoms with E-state index in [1.54, 1.807) is 13.8 Å². The van der Waals surface area contributed by atoms with E-state index in [0.717, 1.165) is 6.42 Å². The Balaban J connectivity index is 0. The molecule has 8 aliphatic heterocycles. The average Bonchev–Trinajstić information content (AvgIpc) is 0.773. The number of ether oxygens (including phenoxy) is 13. The maximum atomic E-state index is 12.0. The Morgan fingerprint density at radius 3 is 0.822 bits per heavy atom. The Kier molecular flexibility index (Phi) is 67.0. The van der Waals surface area contributed by atoms with Crippen LogP contribution in [-0.2, 0) is 116 Å². The van der Waals surface area contributed by atoms with E-state index in [0.29, 0.717) is 23.7 Å². The van der Waals surface area contributed by atoms with Crippen LogP contribution in [0.25, 0.3) is 0 Å². The first kappa shape index (κ1) is 149. The fourth-order valence-electron chi connectivity index (χ4n) is 17.0. The van der Waals surface area contributed by atoms with Crippen LogP contribution < -0.4 is 108 Å². The maximum Gasteiger partial charge on any atom is 1.00 e. The predicted octanol–water partition coefficient (Wildman–Crippen LogP) is 5.80. The Morgan fingerprint density at radius 1 is 0.322 bits per heavy atom. The molecular formula is C96H196Cl2K2O37Si9. The third-order valence-electron chi connectivity index (χ3n) is 25.4. The van der Waals surface area contributed by atoms with Crippen molar-refractivity contribution in [2.75, 3.05) is 46.2 Å². The number of esters is 1. The quantitative estimate of drug-likeness (QED) is 0.00516. The molecule has 0 spiro atoms. The van der Waals surface area contributed by atoms with Gasteiger partial charge in [0.2, 0.25) is 5.24 Å². The van der Waals surface area contributed by atoms with Crippen molar-refractivity contribution in [3.8, 4) is 0 Å². The number of carbonyl (C=O) groups is 3. The third kappa shape index (κ3) is 51.5. The van der Waals surface area contributed by atoms with Gasteiger partial charge in [-0.05, 0) is 219 Å². The number of aliphatic hydroxyl groups excluding tert-OH is 11. The van der Waals surface area contributed by atoms with Crippen LogP contribution >= 0.6 is 22.7 Å². The molecule has 8 heterocycles. The summed E-state index contributed by atoms with van der Waals surface area (Å²) < 4.78 is 132. The summed E-state index contributed by atoms with van der Waals surface area (Å²) >= 11 is 10.5. The van der Waals surface area contributed by atoms with Gasteiger partial charge in [-0.2, -0.15) is 11.1 Å². The topological polar surface area (TPSA) is 500 Å². The van der Waals surface area contributed by atoms with E-state index in [1.165, 1.54) is 0 Å². The first-order valence-corrected chi connectivity index (χ1v) is 83.1. The smallest absolute Gasteiger partial charge is 1.00 e. The van der Waals surface area contributed by atoms with E-state index in [9.17, 15) is 55.5 Å². The number of aliphatic hydroxyl groups is 11. The summed E-state index contributed by atoms with van der Waals surface area (Å²) in [7, 11) is -16.3. The average molecular weight is 2340 g/mol. The summed E-state index contributed by atoms with van der Waals surface area (Å²) in [4.78, 5) is 33.0. The molecule has 0 saturated carbocycles. The Bertz CT molecular complexity index is 3670. The Hall–Kier alpha value is 2.61. The van der Waals surface area contributed by atoms with Crippen molar-refractivity contribution in [1.29, 1.82) is 0 Å². The molecule has 40 atom stereocenters. The van der Waals surface area contributed by atoms with Crippen LogP contribution in [0.2, 0.25) is 177 Å². The number of hydrogen-bond acceptors (Lipinski definition) is 37. The molecule has 0 aromatic carbocycles. The van der Waals surface area contributed by atoms with Crippen molar-refractivity contribution in [1.82, 2.24) is 0 Å². The molecule has 8 fully saturated rings. The maximum absolute atomic E-state index is 12.0. The van der Waals surface area contributed by atoms with E-state index in [2.05, 4.69) is 264 Å². The molecule has 0 radical (unpaired) electrons. The molecule has 0 bridgehead atoms. The summed E-state index contributed by atoms with van der Waals surface area (Å²) in [5, 5.41) is 114. The molecule has 8 saturated heterocycles. The normalized spacial score (nSPS) is 37.4. The summed E-state index contributed by atoms with van der Waals surface area (Å²) in [6.07, 6.45) is -21.7. The van der Waals surface area contributed by atoms with Crippen molar-refractivity contribution < 1.29 is 282 Å². The van der Waals surface area contributed by atoms with Gasteiger partial charge >= 0.3 is 109 Å². The van der Waals surface area contributed by atoms with Crippen LogP contribution in [-0.4, -0.2) is 373 Å². The Morgan fingerprint density at radius 2 is 0.555 bits per heavy atom. The molecule has 50 heteroatoms. The van der Waals surface area contributed by atoms with Crippen LogP contribution in [0.1, 0.15) is 105 Å². The first-order valence-electron chi connectivity index (χ1n) is 51.0. The number of halogens is 2. The molecule has 0 aromatic rings. The van der Waals surface area contributed by atoms with Gasteiger partial charge in [-0.25, -0.2) is 4.79 Å². The zero-order valence-corrected chi connectivity index (χ0v) is 113. The zero-order valence-electron chi connectivity index (χ0n) is 97.5. The number of hydrogen-bond donors (Lipinski definition) is 11. The number of carbonyl (C=O) groups excluding carboxylic acids is 3. The molecular weight excluding hydrogens is 2150 g/mol. The van der Waals surface area contributed by atoms with Gasteiger partial charge in [0.15, 0.2) is 117 Å². The minimum Gasteiger partial charge on any atom is -1.00 e.